The van der Waals surface area contributed by atoms with Crippen molar-refractivity contribution in [3.05, 3.63) is 35.4 Å². The highest BCUT2D eigenvalue weighted by molar-refractivity contribution is 5.82. The number of fused-ring (bicyclic) bond motifs is 1. The molecule has 2 atom stereocenters. The second-order valence-electron chi connectivity index (χ2n) is 5.59. The number of aliphatic hydroxyl groups excluding tert-OH is 1. The maximum absolute atomic E-state index is 12.3. The molecule has 21 heavy (non-hydrogen) atoms. The molecule has 0 aliphatic carbocycles. The van der Waals surface area contributed by atoms with Gasteiger partial charge in [0.2, 0.25) is 0 Å². The SMILES string of the molecule is CCC(CC)C(O)CNC(=O)C1OCCc2ccccc21. The Bertz CT molecular complexity index is 471. The Labute approximate surface area is 126 Å². The fourth-order valence-corrected chi connectivity index (χ4v) is 2.91. The van der Waals surface area contributed by atoms with Gasteiger partial charge in [-0.25, -0.2) is 0 Å². The minimum absolute atomic E-state index is 0.160. The standard InChI is InChI=1S/C17H25NO3/c1-3-12(4-2)15(19)11-18-17(20)16-14-8-6-5-7-13(14)9-10-21-16/h5-8,12,15-16,19H,3-4,9-11H2,1-2H3,(H,18,20). The minimum atomic E-state index is -0.552. The van der Waals surface area contributed by atoms with Gasteiger partial charge in [0.05, 0.1) is 12.7 Å². The molecule has 1 aromatic rings. The lowest BCUT2D eigenvalue weighted by molar-refractivity contribution is -0.134. The van der Waals surface area contributed by atoms with Crippen LogP contribution < -0.4 is 5.32 Å². The van der Waals surface area contributed by atoms with Crippen LogP contribution in [0.1, 0.15) is 43.9 Å². The number of carbonyl (C=O) groups excluding carboxylic acids is 1. The first kappa shape index (κ1) is 16.0. The minimum Gasteiger partial charge on any atom is -0.391 e. The van der Waals surface area contributed by atoms with E-state index in [1.54, 1.807) is 0 Å². The zero-order valence-electron chi connectivity index (χ0n) is 12.8. The van der Waals surface area contributed by atoms with Gasteiger partial charge < -0.3 is 15.2 Å². The Morgan fingerprint density at radius 3 is 2.81 bits per heavy atom. The second-order valence-corrected chi connectivity index (χ2v) is 5.59. The number of nitrogens with one attached hydrogen (secondary N) is 1. The number of hydrogen-bond acceptors (Lipinski definition) is 3. The molecule has 1 aliphatic heterocycles. The van der Waals surface area contributed by atoms with E-state index in [4.69, 9.17) is 4.74 Å². The molecule has 4 heteroatoms. The fourth-order valence-electron chi connectivity index (χ4n) is 2.91. The number of aliphatic hydroxyl groups is 1. The lowest BCUT2D eigenvalue weighted by Crippen LogP contribution is -2.40. The summed E-state index contributed by atoms with van der Waals surface area (Å²) in [5.41, 5.74) is 2.11. The van der Waals surface area contributed by atoms with E-state index < -0.39 is 12.2 Å². The van der Waals surface area contributed by atoms with Gasteiger partial charge in [-0.1, -0.05) is 51.0 Å². The van der Waals surface area contributed by atoms with Crippen molar-refractivity contribution in [1.29, 1.82) is 0 Å². The van der Waals surface area contributed by atoms with Crippen molar-refractivity contribution >= 4 is 5.91 Å². The number of ether oxygens (including phenoxy) is 1. The second kappa shape index (κ2) is 7.57. The molecule has 2 N–H and O–H groups in total. The quantitative estimate of drug-likeness (QED) is 0.845. The Kier molecular flexibility index (Phi) is 5.76. The average Bonchev–Trinajstić information content (AvgIpc) is 2.53. The first-order valence-electron chi connectivity index (χ1n) is 7.82. The van der Waals surface area contributed by atoms with Crippen LogP contribution in [0.4, 0.5) is 0 Å². The van der Waals surface area contributed by atoms with Gasteiger partial charge >= 0.3 is 0 Å². The highest BCUT2D eigenvalue weighted by Crippen LogP contribution is 2.27. The smallest absolute Gasteiger partial charge is 0.253 e. The lowest BCUT2D eigenvalue weighted by Gasteiger charge is -2.26. The molecule has 1 amide bonds. The molecule has 0 bridgehead atoms. The summed E-state index contributed by atoms with van der Waals surface area (Å²) in [6, 6.07) is 7.88. The summed E-state index contributed by atoms with van der Waals surface area (Å²) in [6.07, 6.45) is 1.62. The summed E-state index contributed by atoms with van der Waals surface area (Å²) < 4.78 is 5.62. The number of benzene rings is 1. The number of amides is 1. The van der Waals surface area contributed by atoms with Gasteiger partial charge in [0.15, 0.2) is 6.10 Å². The van der Waals surface area contributed by atoms with Gasteiger partial charge in [-0.05, 0) is 23.5 Å². The van der Waals surface area contributed by atoms with E-state index in [0.29, 0.717) is 6.61 Å². The van der Waals surface area contributed by atoms with E-state index in [-0.39, 0.29) is 18.4 Å². The summed E-state index contributed by atoms with van der Waals surface area (Å²) in [5, 5.41) is 12.9. The van der Waals surface area contributed by atoms with Crippen molar-refractivity contribution < 1.29 is 14.6 Å². The van der Waals surface area contributed by atoms with Crippen molar-refractivity contribution in [1.82, 2.24) is 5.32 Å². The van der Waals surface area contributed by atoms with Crippen LogP contribution in [0.2, 0.25) is 0 Å². The van der Waals surface area contributed by atoms with Crippen LogP contribution in [0.3, 0.4) is 0 Å². The third-order valence-corrected chi connectivity index (χ3v) is 4.31. The fraction of sp³-hybridized carbons (Fsp3) is 0.588. The molecule has 2 rings (SSSR count). The summed E-state index contributed by atoms with van der Waals surface area (Å²) in [7, 11) is 0. The van der Waals surface area contributed by atoms with E-state index >= 15 is 0 Å². The van der Waals surface area contributed by atoms with E-state index in [1.165, 1.54) is 5.56 Å². The van der Waals surface area contributed by atoms with Crippen molar-refractivity contribution in [2.24, 2.45) is 5.92 Å². The Morgan fingerprint density at radius 1 is 1.38 bits per heavy atom. The van der Waals surface area contributed by atoms with Crippen LogP contribution in [0, 0.1) is 5.92 Å². The first-order valence-corrected chi connectivity index (χ1v) is 7.82. The van der Waals surface area contributed by atoms with Gasteiger partial charge in [0.25, 0.3) is 5.91 Å². The van der Waals surface area contributed by atoms with Gasteiger partial charge in [0, 0.05) is 6.54 Å². The molecule has 0 radical (unpaired) electrons. The van der Waals surface area contributed by atoms with Gasteiger partial charge in [-0.2, -0.15) is 0 Å². The molecule has 0 fully saturated rings. The topological polar surface area (TPSA) is 58.6 Å². The highest BCUT2D eigenvalue weighted by atomic mass is 16.5. The van der Waals surface area contributed by atoms with Crippen molar-refractivity contribution in [2.75, 3.05) is 13.2 Å². The average molecular weight is 291 g/mol. The molecule has 0 spiro atoms. The molecule has 1 aliphatic rings. The third kappa shape index (κ3) is 3.83. The Hall–Kier alpha value is -1.39. The summed E-state index contributed by atoms with van der Waals surface area (Å²) in [5.74, 6) is 0.0667. The Balaban J connectivity index is 1.96. The molecule has 1 heterocycles. The highest BCUT2D eigenvalue weighted by Gasteiger charge is 2.27. The largest absolute Gasteiger partial charge is 0.391 e. The predicted octanol–water partition coefficient (Wildman–Crippen LogP) is 2.21. The van der Waals surface area contributed by atoms with E-state index in [2.05, 4.69) is 19.2 Å². The molecular formula is C17H25NO3. The van der Waals surface area contributed by atoms with Crippen molar-refractivity contribution in [2.45, 2.75) is 45.3 Å². The number of hydrogen-bond donors (Lipinski definition) is 2. The summed E-state index contributed by atoms with van der Waals surface area (Å²) in [4.78, 5) is 12.3. The molecule has 4 nitrogen and oxygen atoms in total. The van der Waals surface area contributed by atoms with Gasteiger partial charge in [-0.3, -0.25) is 4.79 Å². The zero-order chi connectivity index (χ0) is 15.2. The molecule has 0 saturated heterocycles. The van der Waals surface area contributed by atoms with Gasteiger partial charge in [0.1, 0.15) is 0 Å². The predicted molar refractivity (Wildman–Crippen MR) is 81.9 cm³/mol. The van der Waals surface area contributed by atoms with Crippen LogP contribution in [0.15, 0.2) is 24.3 Å². The summed E-state index contributed by atoms with van der Waals surface area (Å²) >= 11 is 0. The normalized spacial score (nSPS) is 19.1. The monoisotopic (exact) mass is 291 g/mol. The molecule has 0 saturated carbocycles. The number of carbonyl (C=O) groups is 1. The van der Waals surface area contributed by atoms with Crippen LogP contribution in [-0.2, 0) is 16.0 Å². The summed E-state index contributed by atoms with van der Waals surface area (Å²) in [6.45, 7) is 4.96. The molecular weight excluding hydrogens is 266 g/mol. The molecule has 1 aromatic carbocycles. The molecule has 2 unspecified atom stereocenters. The molecule has 116 valence electrons. The first-order chi connectivity index (χ1) is 10.2. The van der Waals surface area contributed by atoms with Crippen LogP contribution >= 0.6 is 0 Å². The van der Waals surface area contributed by atoms with Crippen LogP contribution in [0.5, 0.6) is 0 Å². The molecule has 0 aromatic heterocycles. The zero-order valence-corrected chi connectivity index (χ0v) is 12.8. The maximum atomic E-state index is 12.3. The van der Waals surface area contributed by atoms with E-state index in [9.17, 15) is 9.90 Å². The van der Waals surface area contributed by atoms with E-state index in [1.807, 2.05) is 24.3 Å². The van der Waals surface area contributed by atoms with Crippen LogP contribution in [0.25, 0.3) is 0 Å². The third-order valence-electron chi connectivity index (χ3n) is 4.31. The Morgan fingerprint density at radius 2 is 2.10 bits per heavy atom. The van der Waals surface area contributed by atoms with Gasteiger partial charge in [-0.15, -0.1) is 0 Å². The van der Waals surface area contributed by atoms with E-state index in [0.717, 1.165) is 24.8 Å². The lowest BCUT2D eigenvalue weighted by atomic mass is 9.95. The maximum Gasteiger partial charge on any atom is 0.253 e. The number of rotatable bonds is 6. The van der Waals surface area contributed by atoms with Crippen molar-refractivity contribution in [3.63, 3.8) is 0 Å². The van der Waals surface area contributed by atoms with Crippen LogP contribution in [-0.4, -0.2) is 30.3 Å². The van der Waals surface area contributed by atoms with Crippen molar-refractivity contribution in [3.8, 4) is 0 Å².